The molecule has 0 aliphatic carbocycles. The van der Waals surface area contributed by atoms with E-state index < -0.39 is 12.0 Å². The van der Waals surface area contributed by atoms with E-state index in [2.05, 4.69) is 10.1 Å². The predicted octanol–water partition coefficient (Wildman–Crippen LogP) is 1.48. The predicted molar refractivity (Wildman–Crippen MR) is 76.6 cm³/mol. The lowest BCUT2D eigenvalue weighted by Gasteiger charge is -2.17. The third-order valence-corrected chi connectivity index (χ3v) is 2.62. The van der Waals surface area contributed by atoms with Crippen LogP contribution in [0.5, 0.6) is 0 Å². The van der Waals surface area contributed by atoms with E-state index in [1.165, 1.54) is 13.4 Å². The topological polar surface area (TPSA) is 94.6 Å². The van der Waals surface area contributed by atoms with Crippen LogP contribution in [-0.2, 0) is 16.1 Å². The smallest absolute Gasteiger partial charge is 0.328 e. The van der Waals surface area contributed by atoms with E-state index in [0.29, 0.717) is 17.7 Å². The number of amides is 1. The first-order chi connectivity index (χ1) is 8.97. The number of ether oxygens (including phenoxy) is 1. The largest absolute Gasteiger partial charge is 0.467 e. The number of nitrogens with one attached hydrogen (secondary N) is 1. The van der Waals surface area contributed by atoms with E-state index >= 15 is 0 Å². The maximum atomic E-state index is 12.0. The van der Waals surface area contributed by atoms with Crippen LogP contribution < -0.4 is 11.1 Å². The molecule has 1 rings (SSSR count). The lowest BCUT2D eigenvalue weighted by atomic mass is 10.0. The summed E-state index contributed by atoms with van der Waals surface area (Å²) < 4.78 is 9.76. The first kappa shape index (κ1) is 18.5. The van der Waals surface area contributed by atoms with Crippen molar-refractivity contribution in [2.24, 2.45) is 11.7 Å². The SMILES string of the molecule is COC(=O)C(CC(C)C)NC(=O)c1coc(CN)c1.Cl. The fraction of sp³-hybridized carbons (Fsp3) is 0.538. The molecule has 1 heterocycles. The molecule has 6 nitrogen and oxygen atoms in total. The Labute approximate surface area is 124 Å². The van der Waals surface area contributed by atoms with Crippen molar-refractivity contribution in [1.29, 1.82) is 0 Å². The van der Waals surface area contributed by atoms with E-state index in [1.807, 2.05) is 13.8 Å². The van der Waals surface area contributed by atoms with Crippen LogP contribution in [0.25, 0.3) is 0 Å². The zero-order valence-electron chi connectivity index (χ0n) is 11.8. The Morgan fingerprint density at radius 2 is 2.10 bits per heavy atom. The number of carbonyl (C=O) groups is 2. The van der Waals surface area contributed by atoms with Crippen LogP contribution in [0.2, 0.25) is 0 Å². The molecule has 1 amide bonds. The summed E-state index contributed by atoms with van der Waals surface area (Å²) in [6, 6.07) is 0.896. The van der Waals surface area contributed by atoms with E-state index in [1.54, 1.807) is 6.07 Å². The van der Waals surface area contributed by atoms with Crippen LogP contribution in [0.3, 0.4) is 0 Å². The summed E-state index contributed by atoms with van der Waals surface area (Å²) in [6.07, 6.45) is 1.83. The van der Waals surface area contributed by atoms with Gasteiger partial charge in [0, 0.05) is 0 Å². The monoisotopic (exact) mass is 304 g/mol. The van der Waals surface area contributed by atoms with Gasteiger partial charge >= 0.3 is 5.97 Å². The molecule has 0 radical (unpaired) electrons. The van der Waals surface area contributed by atoms with E-state index in [9.17, 15) is 9.59 Å². The van der Waals surface area contributed by atoms with Gasteiger partial charge < -0.3 is 20.2 Å². The second kappa shape index (κ2) is 8.60. The molecule has 7 heteroatoms. The molecule has 0 saturated heterocycles. The van der Waals surface area contributed by atoms with Crippen LogP contribution in [-0.4, -0.2) is 25.0 Å². The number of rotatable bonds is 6. The van der Waals surface area contributed by atoms with Crippen molar-refractivity contribution in [1.82, 2.24) is 5.32 Å². The highest BCUT2D eigenvalue weighted by Crippen LogP contribution is 2.10. The van der Waals surface area contributed by atoms with Crippen molar-refractivity contribution < 1.29 is 18.7 Å². The number of esters is 1. The van der Waals surface area contributed by atoms with Gasteiger partial charge in [-0.25, -0.2) is 4.79 Å². The molecule has 114 valence electrons. The van der Waals surface area contributed by atoms with E-state index in [4.69, 9.17) is 10.2 Å². The highest BCUT2D eigenvalue weighted by atomic mass is 35.5. The highest BCUT2D eigenvalue weighted by Gasteiger charge is 2.23. The molecule has 3 N–H and O–H groups in total. The Hall–Kier alpha value is -1.53. The zero-order valence-corrected chi connectivity index (χ0v) is 12.7. The Balaban J connectivity index is 0.00000361. The highest BCUT2D eigenvalue weighted by molar-refractivity contribution is 5.96. The van der Waals surface area contributed by atoms with E-state index in [-0.39, 0.29) is 30.8 Å². The van der Waals surface area contributed by atoms with Crippen molar-refractivity contribution in [2.45, 2.75) is 32.9 Å². The normalized spacial score (nSPS) is 11.7. The maximum absolute atomic E-state index is 12.0. The lowest BCUT2D eigenvalue weighted by molar-refractivity contribution is -0.143. The van der Waals surface area contributed by atoms with Crippen LogP contribution in [0, 0.1) is 5.92 Å². The van der Waals surface area contributed by atoms with Crippen LogP contribution in [0.1, 0.15) is 36.4 Å². The Bertz CT molecular complexity index is 445. The Morgan fingerprint density at radius 1 is 1.45 bits per heavy atom. The summed E-state index contributed by atoms with van der Waals surface area (Å²) in [5, 5.41) is 2.64. The van der Waals surface area contributed by atoms with Crippen molar-refractivity contribution in [3.05, 3.63) is 23.7 Å². The summed E-state index contributed by atoms with van der Waals surface area (Å²) in [7, 11) is 1.30. The molecule has 0 aromatic carbocycles. The molecule has 0 saturated carbocycles. The number of hydrogen-bond acceptors (Lipinski definition) is 5. The third-order valence-electron chi connectivity index (χ3n) is 2.62. The summed E-state index contributed by atoms with van der Waals surface area (Å²) in [4.78, 5) is 23.6. The lowest BCUT2D eigenvalue weighted by Crippen LogP contribution is -2.42. The molecule has 1 unspecified atom stereocenters. The molecule has 0 bridgehead atoms. The minimum absolute atomic E-state index is 0. The first-order valence-corrected chi connectivity index (χ1v) is 6.14. The van der Waals surface area contributed by atoms with E-state index in [0.717, 1.165) is 0 Å². The van der Waals surface area contributed by atoms with Gasteiger partial charge in [-0.1, -0.05) is 13.8 Å². The van der Waals surface area contributed by atoms with Gasteiger partial charge in [0.1, 0.15) is 18.1 Å². The maximum Gasteiger partial charge on any atom is 0.328 e. The standard InChI is InChI=1S/C13H20N2O4.ClH/c1-8(2)4-11(13(17)18-3)15-12(16)9-5-10(6-14)19-7-9;/h5,7-8,11H,4,6,14H2,1-3H3,(H,15,16);1H. The molecular formula is C13H21ClN2O4. The van der Waals surface area contributed by atoms with Crippen molar-refractivity contribution in [3.8, 4) is 0 Å². The minimum Gasteiger partial charge on any atom is -0.467 e. The number of nitrogens with two attached hydrogens (primary N) is 1. The van der Waals surface area contributed by atoms with Gasteiger partial charge in [-0.2, -0.15) is 0 Å². The van der Waals surface area contributed by atoms with Crippen molar-refractivity contribution >= 4 is 24.3 Å². The average molecular weight is 305 g/mol. The van der Waals surface area contributed by atoms with Crippen molar-refractivity contribution in [3.63, 3.8) is 0 Å². The fourth-order valence-corrected chi connectivity index (χ4v) is 1.68. The Kier molecular flexibility index (Phi) is 7.94. The van der Waals surface area contributed by atoms with Gasteiger partial charge in [0.15, 0.2) is 0 Å². The molecular weight excluding hydrogens is 284 g/mol. The summed E-state index contributed by atoms with van der Waals surface area (Å²) in [5.41, 5.74) is 5.75. The minimum atomic E-state index is -0.659. The molecule has 0 aliphatic heterocycles. The second-order valence-corrected chi connectivity index (χ2v) is 4.68. The van der Waals surface area contributed by atoms with Gasteiger partial charge in [0.25, 0.3) is 5.91 Å². The zero-order chi connectivity index (χ0) is 14.4. The summed E-state index contributed by atoms with van der Waals surface area (Å²) in [6.45, 7) is 4.15. The number of hydrogen-bond donors (Lipinski definition) is 2. The second-order valence-electron chi connectivity index (χ2n) is 4.68. The quantitative estimate of drug-likeness (QED) is 0.776. The van der Waals surface area contributed by atoms with Gasteiger partial charge in [-0.05, 0) is 18.4 Å². The molecule has 20 heavy (non-hydrogen) atoms. The van der Waals surface area contributed by atoms with Crippen LogP contribution in [0.15, 0.2) is 16.7 Å². The third kappa shape index (κ3) is 5.22. The average Bonchev–Trinajstić information content (AvgIpc) is 2.85. The van der Waals surface area contributed by atoms with Crippen LogP contribution >= 0.6 is 12.4 Å². The molecule has 0 aliphatic rings. The molecule has 1 atom stereocenters. The Morgan fingerprint density at radius 3 is 2.55 bits per heavy atom. The fourth-order valence-electron chi connectivity index (χ4n) is 1.68. The van der Waals surface area contributed by atoms with Crippen molar-refractivity contribution in [2.75, 3.05) is 7.11 Å². The number of halogens is 1. The number of methoxy groups -OCH3 is 1. The molecule has 0 fully saturated rings. The van der Waals surface area contributed by atoms with Gasteiger partial charge in [0.05, 0.1) is 19.2 Å². The van der Waals surface area contributed by atoms with Gasteiger partial charge in [-0.3, -0.25) is 4.79 Å². The number of carbonyl (C=O) groups excluding carboxylic acids is 2. The van der Waals surface area contributed by atoms with Gasteiger partial charge in [-0.15, -0.1) is 12.4 Å². The number of furan rings is 1. The molecule has 1 aromatic heterocycles. The van der Waals surface area contributed by atoms with Crippen LogP contribution in [0.4, 0.5) is 0 Å². The molecule has 0 spiro atoms. The summed E-state index contributed by atoms with van der Waals surface area (Å²) >= 11 is 0. The first-order valence-electron chi connectivity index (χ1n) is 6.14. The summed E-state index contributed by atoms with van der Waals surface area (Å²) in [5.74, 6) is -0.0546. The van der Waals surface area contributed by atoms with Gasteiger partial charge in [0.2, 0.25) is 0 Å². The molecule has 1 aromatic rings.